The average Bonchev–Trinajstić information content (AvgIpc) is 3.13. The Morgan fingerprint density at radius 2 is 1.72 bits per heavy atom. The Hall–Kier alpha value is 0.160. The second-order valence-corrected chi connectivity index (χ2v) is 12.8. The summed E-state index contributed by atoms with van der Waals surface area (Å²) in [5.41, 5.74) is 0.225. The summed E-state index contributed by atoms with van der Waals surface area (Å²) >= 11 is 2.21. The third-order valence-corrected chi connectivity index (χ3v) is 11.4. The van der Waals surface area contributed by atoms with Gasteiger partial charge in [0.2, 0.25) is 5.91 Å². The zero-order valence-electron chi connectivity index (χ0n) is 18.9. The molecule has 1 heterocycles. The molecule has 5 aliphatic rings. The van der Waals surface area contributed by atoms with Gasteiger partial charge in [0.1, 0.15) is 5.72 Å². The first-order valence-corrected chi connectivity index (χ1v) is 13.8. The number of alkyl halides is 1. The number of rotatable bonds is 1. The van der Waals surface area contributed by atoms with Crippen molar-refractivity contribution in [2.75, 3.05) is 11.0 Å². The van der Waals surface area contributed by atoms with Crippen molar-refractivity contribution >= 4 is 28.5 Å². The summed E-state index contributed by atoms with van der Waals surface area (Å²) in [6.45, 7) is 10.2. The van der Waals surface area contributed by atoms with Crippen LogP contribution in [0, 0.1) is 34.5 Å². The number of halogens is 1. The van der Waals surface area contributed by atoms with E-state index in [1.165, 1.54) is 57.8 Å². The molecule has 7 atom stereocenters. The van der Waals surface area contributed by atoms with Gasteiger partial charge in [-0.2, -0.15) is 0 Å². The number of hydrogen-bond acceptors (Lipinski definition) is 2. The zero-order valence-corrected chi connectivity index (χ0v) is 21.1. The molecule has 5 fully saturated rings. The Labute approximate surface area is 191 Å². The van der Waals surface area contributed by atoms with Gasteiger partial charge in [0.25, 0.3) is 0 Å². The highest BCUT2D eigenvalue weighted by Crippen LogP contribution is 2.70. The Kier molecular flexibility index (Phi) is 4.95. The van der Waals surface area contributed by atoms with E-state index >= 15 is 0 Å². The summed E-state index contributed by atoms with van der Waals surface area (Å²) in [5.74, 6) is 3.82. The van der Waals surface area contributed by atoms with Crippen LogP contribution in [0.5, 0.6) is 0 Å². The van der Waals surface area contributed by atoms with E-state index in [2.05, 4.69) is 55.2 Å². The molecule has 0 aromatic carbocycles. The van der Waals surface area contributed by atoms with Gasteiger partial charge in [-0.15, -0.1) is 0 Å². The lowest BCUT2D eigenvalue weighted by Gasteiger charge is -2.61. The number of nitrogens with zero attached hydrogens (tertiary/aromatic N) is 1. The number of carbonyl (C=O) groups is 1. The molecule has 1 spiro atoms. The molecule has 4 aliphatic carbocycles. The summed E-state index contributed by atoms with van der Waals surface area (Å²) in [7, 11) is 0. The van der Waals surface area contributed by atoms with Gasteiger partial charge in [0.05, 0.1) is 16.6 Å². The molecular weight excluding hydrogens is 473 g/mol. The van der Waals surface area contributed by atoms with E-state index < -0.39 is 5.72 Å². The quantitative estimate of drug-likeness (QED) is 0.309. The number of fused-ring (bicyclic) bond motifs is 6. The predicted octanol–water partition coefficient (Wildman–Crippen LogP) is 6.19. The fourth-order valence-electron chi connectivity index (χ4n) is 9.29. The van der Waals surface area contributed by atoms with Crippen molar-refractivity contribution in [3.63, 3.8) is 0 Å². The fraction of sp³-hybridized carbons (Fsp3) is 0.960. The monoisotopic (exact) mass is 513 g/mol. The van der Waals surface area contributed by atoms with Crippen LogP contribution in [-0.2, 0) is 9.53 Å². The first kappa shape index (κ1) is 21.0. The number of ether oxygens (including phenoxy) is 1. The molecule has 29 heavy (non-hydrogen) atoms. The summed E-state index contributed by atoms with van der Waals surface area (Å²) in [4.78, 5) is 14.8. The minimum absolute atomic E-state index is 0.127. The maximum atomic E-state index is 12.7. The van der Waals surface area contributed by atoms with E-state index in [0.29, 0.717) is 9.84 Å². The standard InChI is InChI=1S/C25H40INO2/c1-22(2)27(21(28)15-26)16-25(29-22)14-11-20-18-9-8-17-7-5-6-12-23(17,3)19(18)10-13-24(20,25)4/h17-20H,5-16H2,1-4H3/t17-,18?,19?,20?,23+,24+,25-/m1/s1. The second-order valence-electron chi connectivity index (χ2n) is 12.1. The Morgan fingerprint density at radius 3 is 2.48 bits per heavy atom. The van der Waals surface area contributed by atoms with Gasteiger partial charge in [0, 0.05) is 5.41 Å². The molecule has 5 rings (SSSR count). The van der Waals surface area contributed by atoms with Crippen LogP contribution in [0.1, 0.15) is 91.9 Å². The molecule has 3 unspecified atom stereocenters. The number of hydrogen-bond donors (Lipinski definition) is 0. The molecule has 0 aromatic rings. The van der Waals surface area contributed by atoms with Crippen molar-refractivity contribution in [1.29, 1.82) is 0 Å². The van der Waals surface area contributed by atoms with Crippen molar-refractivity contribution in [3.8, 4) is 0 Å². The van der Waals surface area contributed by atoms with Crippen molar-refractivity contribution in [1.82, 2.24) is 4.90 Å². The highest BCUT2D eigenvalue weighted by atomic mass is 127. The first-order chi connectivity index (χ1) is 13.7. The highest BCUT2D eigenvalue weighted by Gasteiger charge is 2.69. The summed E-state index contributed by atoms with van der Waals surface area (Å²) in [6, 6.07) is 0. The number of amides is 1. The minimum Gasteiger partial charge on any atom is -0.347 e. The molecule has 0 radical (unpaired) electrons. The van der Waals surface area contributed by atoms with Crippen LogP contribution in [0.4, 0.5) is 0 Å². The van der Waals surface area contributed by atoms with Crippen LogP contribution in [-0.4, -0.2) is 33.1 Å². The lowest BCUT2D eigenvalue weighted by molar-refractivity contribution is -0.188. The molecule has 1 saturated heterocycles. The van der Waals surface area contributed by atoms with E-state index in [-0.39, 0.29) is 16.9 Å². The largest absolute Gasteiger partial charge is 0.347 e. The van der Waals surface area contributed by atoms with Gasteiger partial charge >= 0.3 is 0 Å². The molecule has 0 bridgehead atoms. The third-order valence-electron chi connectivity index (χ3n) is 10.8. The van der Waals surface area contributed by atoms with E-state index in [4.69, 9.17) is 4.74 Å². The van der Waals surface area contributed by atoms with Crippen molar-refractivity contribution in [2.45, 2.75) is 103 Å². The Balaban J connectivity index is 1.45. The smallest absolute Gasteiger partial charge is 0.234 e. The molecule has 164 valence electrons. The predicted molar refractivity (Wildman–Crippen MR) is 125 cm³/mol. The topological polar surface area (TPSA) is 29.5 Å². The van der Waals surface area contributed by atoms with Crippen molar-refractivity contribution in [2.24, 2.45) is 34.5 Å². The molecule has 3 nitrogen and oxygen atoms in total. The van der Waals surface area contributed by atoms with Gasteiger partial charge in [0.15, 0.2) is 0 Å². The number of carbonyl (C=O) groups excluding carboxylic acids is 1. The van der Waals surface area contributed by atoms with Crippen LogP contribution >= 0.6 is 22.6 Å². The van der Waals surface area contributed by atoms with Crippen molar-refractivity contribution in [3.05, 3.63) is 0 Å². The van der Waals surface area contributed by atoms with Gasteiger partial charge in [-0.3, -0.25) is 4.79 Å². The SMILES string of the molecule is CC1(C)O[C@]2(CCC3C4CC[C@H]5CCCC[C@]5(C)C4CC[C@@]32C)CN1C(=O)CI. The normalized spacial score (nSPS) is 50.9. The lowest BCUT2D eigenvalue weighted by atomic mass is 9.44. The van der Waals surface area contributed by atoms with E-state index in [1.54, 1.807) is 0 Å². The highest BCUT2D eigenvalue weighted by molar-refractivity contribution is 14.1. The average molecular weight is 514 g/mol. The van der Waals surface area contributed by atoms with E-state index in [1.807, 2.05) is 0 Å². The van der Waals surface area contributed by atoms with Gasteiger partial charge in [-0.25, -0.2) is 0 Å². The molecule has 4 heteroatoms. The van der Waals surface area contributed by atoms with Gasteiger partial charge in [-0.1, -0.05) is 49.3 Å². The van der Waals surface area contributed by atoms with Gasteiger partial charge < -0.3 is 9.64 Å². The van der Waals surface area contributed by atoms with Crippen LogP contribution < -0.4 is 0 Å². The molecule has 0 N–H and O–H groups in total. The second kappa shape index (κ2) is 6.83. The van der Waals surface area contributed by atoms with Crippen LogP contribution in [0.25, 0.3) is 0 Å². The third kappa shape index (κ3) is 2.79. The Bertz CT molecular complexity index is 694. The van der Waals surface area contributed by atoms with Crippen LogP contribution in [0.2, 0.25) is 0 Å². The maximum Gasteiger partial charge on any atom is 0.234 e. The van der Waals surface area contributed by atoms with E-state index in [9.17, 15) is 4.79 Å². The molecule has 1 aliphatic heterocycles. The van der Waals surface area contributed by atoms with E-state index in [0.717, 1.165) is 36.6 Å². The molecule has 0 aromatic heterocycles. The molecule has 1 amide bonds. The minimum atomic E-state index is -0.468. The van der Waals surface area contributed by atoms with Crippen LogP contribution in [0.3, 0.4) is 0 Å². The van der Waals surface area contributed by atoms with Gasteiger partial charge in [-0.05, 0) is 94.3 Å². The molecule has 4 saturated carbocycles. The maximum absolute atomic E-state index is 12.7. The lowest BCUT2D eigenvalue weighted by Crippen LogP contribution is -2.57. The van der Waals surface area contributed by atoms with Crippen molar-refractivity contribution < 1.29 is 9.53 Å². The summed E-state index contributed by atoms with van der Waals surface area (Å²) in [6.07, 6.45) is 13.9. The first-order valence-electron chi connectivity index (χ1n) is 12.2. The summed E-state index contributed by atoms with van der Waals surface area (Å²) in [5, 5.41) is 0. The van der Waals surface area contributed by atoms with Crippen LogP contribution in [0.15, 0.2) is 0 Å². The zero-order chi connectivity index (χ0) is 20.7. The Morgan fingerprint density at radius 1 is 0.966 bits per heavy atom. The fourth-order valence-corrected chi connectivity index (χ4v) is 9.70. The summed E-state index contributed by atoms with van der Waals surface area (Å²) < 4.78 is 7.47. The molecular formula is C25H40INO2.